The van der Waals surface area contributed by atoms with E-state index in [-0.39, 0.29) is 13.0 Å². The highest BCUT2D eigenvalue weighted by Gasteiger charge is 2.11. The van der Waals surface area contributed by atoms with Gasteiger partial charge < -0.3 is 10.1 Å². The number of hydrogen-bond donors (Lipinski definition) is 1. The van der Waals surface area contributed by atoms with Crippen LogP contribution in [0.2, 0.25) is 0 Å². The Balaban J connectivity index is 1.86. The standard InChI is InChI=1S/C18H16N2O3/c1-13-6-2-3-7-14(13)10-18(22)23-12-17(21)20-16-9-5-4-8-15(16)11-19/h2-9H,10,12H2,1H3,(H,20,21). The number of nitriles is 1. The van der Waals surface area contributed by atoms with Crippen LogP contribution in [0.1, 0.15) is 16.7 Å². The first-order chi connectivity index (χ1) is 11.1. The average Bonchev–Trinajstić information content (AvgIpc) is 2.55. The fraction of sp³-hybridized carbons (Fsp3) is 0.167. The molecular formula is C18H16N2O3. The zero-order valence-corrected chi connectivity index (χ0v) is 12.7. The van der Waals surface area contributed by atoms with Crippen LogP contribution in [0, 0.1) is 18.3 Å². The van der Waals surface area contributed by atoms with Gasteiger partial charge in [-0.1, -0.05) is 36.4 Å². The number of benzene rings is 2. The van der Waals surface area contributed by atoms with Gasteiger partial charge in [-0.2, -0.15) is 5.26 Å². The van der Waals surface area contributed by atoms with Crippen molar-refractivity contribution in [3.63, 3.8) is 0 Å². The smallest absolute Gasteiger partial charge is 0.310 e. The number of amides is 1. The molecule has 116 valence electrons. The van der Waals surface area contributed by atoms with Crippen molar-refractivity contribution < 1.29 is 14.3 Å². The summed E-state index contributed by atoms with van der Waals surface area (Å²) in [5.74, 6) is -0.950. The lowest BCUT2D eigenvalue weighted by Crippen LogP contribution is -2.22. The largest absolute Gasteiger partial charge is 0.455 e. The Bertz CT molecular complexity index is 763. The van der Waals surface area contributed by atoms with Crippen molar-refractivity contribution in [3.8, 4) is 6.07 Å². The van der Waals surface area contributed by atoms with Crippen LogP contribution in [0.5, 0.6) is 0 Å². The minimum Gasteiger partial charge on any atom is -0.455 e. The van der Waals surface area contributed by atoms with Gasteiger partial charge in [-0.05, 0) is 30.2 Å². The molecule has 5 nitrogen and oxygen atoms in total. The van der Waals surface area contributed by atoms with E-state index in [9.17, 15) is 9.59 Å². The summed E-state index contributed by atoms with van der Waals surface area (Å²) in [6.07, 6.45) is 0.120. The maximum atomic E-state index is 11.8. The molecule has 0 saturated heterocycles. The Labute approximate surface area is 134 Å². The number of para-hydroxylation sites is 1. The Morgan fingerprint density at radius 2 is 1.83 bits per heavy atom. The highest BCUT2D eigenvalue weighted by molar-refractivity contribution is 5.94. The van der Waals surface area contributed by atoms with Gasteiger partial charge in [0, 0.05) is 0 Å². The summed E-state index contributed by atoms with van der Waals surface area (Å²) in [5.41, 5.74) is 2.62. The molecule has 1 N–H and O–H groups in total. The summed E-state index contributed by atoms with van der Waals surface area (Å²) < 4.78 is 4.97. The number of nitrogens with one attached hydrogen (secondary N) is 1. The van der Waals surface area contributed by atoms with Gasteiger partial charge >= 0.3 is 5.97 Å². The molecule has 0 unspecified atom stereocenters. The Kier molecular flexibility index (Phi) is 5.48. The Hall–Kier alpha value is -3.13. The lowest BCUT2D eigenvalue weighted by atomic mass is 10.1. The van der Waals surface area contributed by atoms with Crippen LogP contribution in [0.4, 0.5) is 5.69 Å². The van der Waals surface area contributed by atoms with Crippen LogP contribution in [-0.2, 0) is 20.7 Å². The molecule has 0 fully saturated rings. The second-order valence-corrected chi connectivity index (χ2v) is 4.97. The fourth-order valence-corrected chi connectivity index (χ4v) is 2.04. The third-order valence-corrected chi connectivity index (χ3v) is 3.28. The molecule has 0 aliphatic rings. The predicted molar refractivity (Wildman–Crippen MR) is 85.6 cm³/mol. The van der Waals surface area contributed by atoms with Crippen molar-refractivity contribution in [2.45, 2.75) is 13.3 Å². The van der Waals surface area contributed by atoms with E-state index < -0.39 is 11.9 Å². The number of anilines is 1. The lowest BCUT2D eigenvalue weighted by molar-refractivity contribution is -0.146. The molecule has 0 spiro atoms. The molecule has 0 atom stereocenters. The maximum absolute atomic E-state index is 11.8. The van der Waals surface area contributed by atoms with Crippen molar-refractivity contribution in [2.75, 3.05) is 11.9 Å². The van der Waals surface area contributed by atoms with Crippen LogP contribution in [0.15, 0.2) is 48.5 Å². The first kappa shape index (κ1) is 16.2. The minimum absolute atomic E-state index is 0.120. The van der Waals surface area contributed by atoms with E-state index in [4.69, 9.17) is 10.00 Å². The highest BCUT2D eigenvalue weighted by Crippen LogP contribution is 2.13. The topological polar surface area (TPSA) is 79.2 Å². The van der Waals surface area contributed by atoms with Crippen molar-refractivity contribution >= 4 is 17.6 Å². The van der Waals surface area contributed by atoms with Gasteiger partial charge in [0.15, 0.2) is 6.61 Å². The molecule has 0 aromatic heterocycles. The lowest BCUT2D eigenvalue weighted by Gasteiger charge is -2.08. The van der Waals surface area contributed by atoms with Gasteiger partial charge in [0.1, 0.15) is 6.07 Å². The normalized spacial score (nSPS) is 9.74. The summed E-state index contributed by atoms with van der Waals surface area (Å²) in [4.78, 5) is 23.6. The van der Waals surface area contributed by atoms with Crippen LogP contribution < -0.4 is 5.32 Å². The van der Waals surface area contributed by atoms with Crippen LogP contribution in [-0.4, -0.2) is 18.5 Å². The zero-order valence-electron chi connectivity index (χ0n) is 12.7. The van der Waals surface area contributed by atoms with E-state index in [1.165, 1.54) is 0 Å². The minimum atomic E-state index is -0.481. The predicted octanol–water partition coefficient (Wildman–Crippen LogP) is 2.59. The van der Waals surface area contributed by atoms with Gasteiger partial charge in [0.25, 0.3) is 5.91 Å². The number of hydrogen-bond acceptors (Lipinski definition) is 4. The van der Waals surface area contributed by atoms with Crippen LogP contribution in [0.3, 0.4) is 0 Å². The average molecular weight is 308 g/mol. The quantitative estimate of drug-likeness (QED) is 0.861. The summed E-state index contributed by atoms with van der Waals surface area (Å²) in [6.45, 7) is 1.53. The summed E-state index contributed by atoms with van der Waals surface area (Å²) >= 11 is 0. The third-order valence-electron chi connectivity index (χ3n) is 3.28. The molecule has 0 aliphatic heterocycles. The van der Waals surface area contributed by atoms with E-state index in [1.807, 2.05) is 37.3 Å². The number of carbonyl (C=O) groups is 2. The van der Waals surface area contributed by atoms with Gasteiger partial charge in [0.05, 0.1) is 17.7 Å². The molecule has 0 radical (unpaired) electrons. The van der Waals surface area contributed by atoms with Crippen molar-refractivity contribution in [3.05, 3.63) is 65.2 Å². The van der Waals surface area contributed by atoms with E-state index in [1.54, 1.807) is 24.3 Å². The van der Waals surface area contributed by atoms with Gasteiger partial charge in [0.2, 0.25) is 0 Å². The number of nitrogens with zero attached hydrogens (tertiary/aromatic N) is 1. The van der Waals surface area contributed by atoms with E-state index >= 15 is 0 Å². The second-order valence-electron chi connectivity index (χ2n) is 4.97. The van der Waals surface area contributed by atoms with Crippen LogP contribution in [0.25, 0.3) is 0 Å². The zero-order chi connectivity index (χ0) is 16.7. The molecule has 2 aromatic rings. The van der Waals surface area contributed by atoms with Gasteiger partial charge in [-0.3, -0.25) is 9.59 Å². The van der Waals surface area contributed by atoms with E-state index in [0.29, 0.717) is 11.3 Å². The third kappa shape index (κ3) is 4.68. The summed E-state index contributed by atoms with van der Waals surface area (Å²) in [6, 6.07) is 16.1. The molecule has 0 heterocycles. The maximum Gasteiger partial charge on any atom is 0.310 e. The molecule has 2 aromatic carbocycles. The summed E-state index contributed by atoms with van der Waals surface area (Å²) in [5, 5.41) is 11.5. The van der Waals surface area contributed by atoms with Crippen molar-refractivity contribution in [1.29, 1.82) is 5.26 Å². The number of aryl methyl sites for hydroxylation is 1. The first-order valence-corrected chi connectivity index (χ1v) is 7.09. The number of rotatable bonds is 5. The fourth-order valence-electron chi connectivity index (χ4n) is 2.04. The summed E-state index contributed by atoms with van der Waals surface area (Å²) in [7, 11) is 0. The first-order valence-electron chi connectivity index (χ1n) is 7.09. The molecular weight excluding hydrogens is 292 g/mol. The molecule has 23 heavy (non-hydrogen) atoms. The monoisotopic (exact) mass is 308 g/mol. The number of esters is 1. The molecule has 1 amide bonds. The highest BCUT2D eigenvalue weighted by atomic mass is 16.5. The van der Waals surface area contributed by atoms with E-state index in [2.05, 4.69) is 5.32 Å². The van der Waals surface area contributed by atoms with E-state index in [0.717, 1.165) is 11.1 Å². The SMILES string of the molecule is Cc1ccccc1CC(=O)OCC(=O)Nc1ccccc1C#N. The Morgan fingerprint density at radius 3 is 2.57 bits per heavy atom. The second kappa shape index (κ2) is 7.76. The van der Waals surface area contributed by atoms with Gasteiger partial charge in [-0.15, -0.1) is 0 Å². The Morgan fingerprint density at radius 1 is 1.13 bits per heavy atom. The van der Waals surface area contributed by atoms with Gasteiger partial charge in [-0.25, -0.2) is 0 Å². The molecule has 0 saturated carbocycles. The molecule has 0 aliphatic carbocycles. The van der Waals surface area contributed by atoms with Crippen LogP contribution >= 0.6 is 0 Å². The number of ether oxygens (including phenoxy) is 1. The number of carbonyl (C=O) groups excluding carboxylic acids is 2. The molecule has 5 heteroatoms. The molecule has 2 rings (SSSR count). The molecule has 0 bridgehead atoms. The van der Waals surface area contributed by atoms with Crippen molar-refractivity contribution in [1.82, 2.24) is 0 Å². The van der Waals surface area contributed by atoms with Crippen molar-refractivity contribution in [2.24, 2.45) is 0 Å².